The number of hydrogen-bond donors (Lipinski definition) is 8. The van der Waals surface area contributed by atoms with Crippen LogP contribution in [0.25, 0.3) is 10.9 Å². The van der Waals surface area contributed by atoms with Gasteiger partial charge in [-0.2, -0.15) is 0 Å². The molecule has 0 spiro atoms. The lowest BCUT2D eigenvalue weighted by molar-refractivity contribution is -0.142. The monoisotopic (exact) mass is 540 g/mol. The van der Waals surface area contributed by atoms with Gasteiger partial charge in [0, 0.05) is 35.4 Å². The molecule has 0 saturated carbocycles. The zero-order valence-corrected chi connectivity index (χ0v) is 21.8. The maximum atomic E-state index is 13.0. The first-order valence-corrected chi connectivity index (χ1v) is 12.8. The molecular weight excluding hydrogens is 504 g/mol. The summed E-state index contributed by atoms with van der Waals surface area (Å²) in [6, 6.07) is 3.51. The Morgan fingerprint density at radius 1 is 0.974 bits per heavy atom. The van der Waals surface area contributed by atoms with Gasteiger partial charge in [0.2, 0.25) is 17.7 Å². The second-order valence-electron chi connectivity index (χ2n) is 9.43. The molecule has 3 aromatic rings. The molecule has 0 radical (unpaired) electrons. The molecule has 3 amide bonds. The Labute approximate surface area is 225 Å². The largest absolute Gasteiger partial charge is 0.480 e. The Hall–Kier alpha value is -4.23. The summed E-state index contributed by atoms with van der Waals surface area (Å²) in [4.78, 5) is 60.2. The van der Waals surface area contributed by atoms with E-state index >= 15 is 0 Å². The summed E-state index contributed by atoms with van der Waals surface area (Å²) < 4.78 is 0. The van der Waals surface area contributed by atoms with Crippen molar-refractivity contribution in [1.82, 2.24) is 30.9 Å². The van der Waals surface area contributed by atoms with Gasteiger partial charge in [-0.05, 0) is 50.8 Å². The molecule has 39 heavy (non-hydrogen) atoms. The number of aromatic nitrogens is 3. The number of nitrogens with one attached hydrogen (secondary N) is 5. The van der Waals surface area contributed by atoms with Crippen molar-refractivity contribution in [3.63, 3.8) is 0 Å². The molecule has 13 nitrogen and oxygen atoms in total. The highest BCUT2D eigenvalue weighted by molar-refractivity contribution is 5.94. The third kappa shape index (κ3) is 8.38. The first-order chi connectivity index (χ1) is 18.7. The molecule has 2 heterocycles. The van der Waals surface area contributed by atoms with Crippen molar-refractivity contribution in [2.45, 2.75) is 63.2 Å². The predicted octanol–water partition coefficient (Wildman–Crippen LogP) is -0.309. The van der Waals surface area contributed by atoms with Gasteiger partial charge in [0.05, 0.1) is 12.4 Å². The van der Waals surface area contributed by atoms with Crippen molar-refractivity contribution in [3.8, 4) is 0 Å². The van der Waals surface area contributed by atoms with Gasteiger partial charge in [-0.1, -0.05) is 18.2 Å². The molecule has 0 aliphatic rings. The number of nitrogens with two attached hydrogens (primary N) is 2. The summed E-state index contributed by atoms with van der Waals surface area (Å²) in [7, 11) is 0. The third-order valence-corrected chi connectivity index (χ3v) is 6.38. The van der Waals surface area contributed by atoms with Gasteiger partial charge in [-0.25, -0.2) is 9.78 Å². The van der Waals surface area contributed by atoms with Crippen molar-refractivity contribution in [1.29, 1.82) is 0 Å². The average molecular weight is 541 g/mol. The van der Waals surface area contributed by atoms with Crippen LogP contribution in [0.3, 0.4) is 0 Å². The maximum absolute atomic E-state index is 13.0. The summed E-state index contributed by atoms with van der Waals surface area (Å²) in [5, 5.41) is 18.2. The van der Waals surface area contributed by atoms with Gasteiger partial charge in [0.1, 0.15) is 18.1 Å². The number of carbonyl (C=O) groups excluding carboxylic acids is 3. The lowest BCUT2D eigenvalue weighted by Crippen LogP contribution is -2.56. The van der Waals surface area contributed by atoms with Gasteiger partial charge >= 0.3 is 5.97 Å². The number of H-pyrrole nitrogens is 2. The highest BCUT2D eigenvalue weighted by atomic mass is 16.4. The molecule has 10 N–H and O–H groups in total. The number of carbonyl (C=O) groups is 4. The minimum atomic E-state index is -1.23. The maximum Gasteiger partial charge on any atom is 0.326 e. The van der Waals surface area contributed by atoms with Crippen molar-refractivity contribution < 1.29 is 24.3 Å². The summed E-state index contributed by atoms with van der Waals surface area (Å²) in [5.74, 6) is -3.00. The van der Waals surface area contributed by atoms with E-state index in [2.05, 4.69) is 30.9 Å². The number of nitrogens with zero attached hydrogens (tertiary/aromatic N) is 1. The van der Waals surface area contributed by atoms with Crippen LogP contribution in [0.15, 0.2) is 43.0 Å². The number of para-hydroxylation sites is 1. The van der Waals surface area contributed by atoms with Crippen LogP contribution in [-0.2, 0) is 32.0 Å². The number of fused-ring (bicyclic) bond motifs is 1. The van der Waals surface area contributed by atoms with Crippen LogP contribution < -0.4 is 27.4 Å². The Morgan fingerprint density at radius 2 is 1.72 bits per heavy atom. The number of imidazole rings is 1. The van der Waals surface area contributed by atoms with Crippen LogP contribution >= 0.6 is 0 Å². The summed E-state index contributed by atoms with van der Waals surface area (Å²) >= 11 is 0. The van der Waals surface area contributed by atoms with Crippen LogP contribution in [0, 0.1) is 0 Å². The molecule has 2 aromatic heterocycles. The lowest BCUT2D eigenvalue weighted by atomic mass is 10.0. The highest BCUT2D eigenvalue weighted by Crippen LogP contribution is 2.18. The smallest absolute Gasteiger partial charge is 0.326 e. The molecule has 210 valence electrons. The van der Waals surface area contributed by atoms with E-state index in [1.54, 1.807) is 6.20 Å². The number of carboxylic acid groups (broad SMARTS) is 1. The van der Waals surface area contributed by atoms with E-state index in [-0.39, 0.29) is 19.3 Å². The Kier molecular flexibility index (Phi) is 10.6. The lowest BCUT2D eigenvalue weighted by Gasteiger charge is -2.23. The molecule has 0 aliphatic heterocycles. The SMILES string of the molecule is CC(NC(=O)C(N)Cc1c[nH]c2ccccc12)C(=O)NC(CCCCN)C(=O)NC(Cc1cnc[nH]1)C(=O)O. The number of benzene rings is 1. The predicted molar refractivity (Wildman–Crippen MR) is 144 cm³/mol. The van der Waals surface area contributed by atoms with E-state index in [9.17, 15) is 24.3 Å². The normalized spacial score (nSPS) is 14.2. The molecule has 13 heteroatoms. The van der Waals surface area contributed by atoms with Gasteiger partial charge < -0.3 is 42.5 Å². The average Bonchev–Trinajstić information content (AvgIpc) is 3.57. The van der Waals surface area contributed by atoms with Crippen molar-refractivity contribution in [3.05, 3.63) is 54.2 Å². The summed E-state index contributed by atoms with van der Waals surface area (Å²) in [5.41, 5.74) is 14.0. The molecule has 0 bridgehead atoms. The Morgan fingerprint density at radius 3 is 2.41 bits per heavy atom. The van der Waals surface area contributed by atoms with Crippen LogP contribution in [0.2, 0.25) is 0 Å². The van der Waals surface area contributed by atoms with E-state index in [0.29, 0.717) is 25.1 Å². The number of amides is 3. The van der Waals surface area contributed by atoms with Crippen LogP contribution in [0.1, 0.15) is 37.4 Å². The van der Waals surface area contributed by atoms with Crippen molar-refractivity contribution in [2.75, 3.05) is 6.54 Å². The van der Waals surface area contributed by atoms with Crippen molar-refractivity contribution >= 4 is 34.6 Å². The zero-order chi connectivity index (χ0) is 28.4. The molecule has 0 fully saturated rings. The number of carboxylic acids is 1. The molecule has 4 atom stereocenters. The first-order valence-electron chi connectivity index (χ1n) is 12.8. The number of aliphatic carboxylic acids is 1. The van der Waals surface area contributed by atoms with E-state index in [0.717, 1.165) is 16.5 Å². The van der Waals surface area contributed by atoms with Crippen LogP contribution in [0.4, 0.5) is 0 Å². The molecule has 4 unspecified atom stereocenters. The summed E-state index contributed by atoms with van der Waals surface area (Å²) in [6.07, 6.45) is 6.33. The second-order valence-corrected chi connectivity index (χ2v) is 9.43. The minimum absolute atomic E-state index is 0.00861. The van der Waals surface area contributed by atoms with Gasteiger partial charge in [-0.15, -0.1) is 0 Å². The summed E-state index contributed by atoms with van der Waals surface area (Å²) in [6.45, 7) is 1.89. The molecule has 1 aromatic carbocycles. The molecule has 0 saturated heterocycles. The molecular formula is C26H36N8O5. The number of hydrogen-bond acceptors (Lipinski definition) is 7. The van der Waals surface area contributed by atoms with Crippen LogP contribution in [0.5, 0.6) is 0 Å². The van der Waals surface area contributed by atoms with Gasteiger partial charge in [-0.3, -0.25) is 14.4 Å². The minimum Gasteiger partial charge on any atom is -0.480 e. The van der Waals surface area contributed by atoms with Crippen molar-refractivity contribution in [2.24, 2.45) is 11.5 Å². The topological polar surface area (TPSA) is 221 Å². The first kappa shape index (κ1) is 29.3. The number of unbranched alkanes of at least 4 members (excludes halogenated alkanes) is 1. The van der Waals surface area contributed by atoms with E-state index in [1.807, 2.05) is 24.3 Å². The Balaban J connectivity index is 1.59. The van der Waals surface area contributed by atoms with E-state index in [4.69, 9.17) is 11.5 Å². The van der Waals surface area contributed by atoms with E-state index in [1.165, 1.54) is 19.4 Å². The standard InChI is InChI=1S/C26H36N8O5/c1-15(32-24(36)19(28)10-16-12-30-20-7-3-2-6-18(16)20)23(35)33-21(8-4-5-9-27)25(37)34-22(26(38)39)11-17-13-29-14-31-17/h2-3,6-7,12-15,19,21-22,30H,4-5,8-11,27-28H2,1H3,(H,29,31)(H,32,36)(H,33,35)(H,34,37)(H,38,39). The van der Waals surface area contributed by atoms with Crippen LogP contribution in [-0.4, -0.2) is 74.5 Å². The fourth-order valence-electron chi connectivity index (χ4n) is 4.16. The second kappa shape index (κ2) is 14.1. The highest BCUT2D eigenvalue weighted by Gasteiger charge is 2.29. The Bertz CT molecular complexity index is 1260. The molecule has 0 aliphatic carbocycles. The molecule has 3 rings (SSSR count). The van der Waals surface area contributed by atoms with Gasteiger partial charge in [0.15, 0.2) is 0 Å². The fraction of sp³-hybridized carbons (Fsp3) is 0.423. The fourth-order valence-corrected chi connectivity index (χ4v) is 4.16. The zero-order valence-electron chi connectivity index (χ0n) is 21.8. The third-order valence-electron chi connectivity index (χ3n) is 6.38. The quantitative estimate of drug-likeness (QED) is 0.119. The number of rotatable bonds is 15. The number of aromatic amines is 2. The van der Waals surface area contributed by atoms with E-state index < -0.39 is 47.9 Å². The van der Waals surface area contributed by atoms with Gasteiger partial charge in [0.25, 0.3) is 0 Å².